The van der Waals surface area contributed by atoms with E-state index in [4.69, 9.17) is 9.47 Å². The third kappa shape index (κ3) is 4.36. The first kappa shape index (κ1) is 19.9. The molecule has 0 radical (unpaired) electrons. The number of nitrogens with zero attached hydrogens (tertiary/aromatic N) is 3. The third-order valence-corrected chi connectivity index (χ3v) is 6.43. The fourth-order valence-corrected chi connectivity index (χ4v) is 4.98. The van der Waals surface area contributed by atoms with Crippen LogP contribution in [0.1, 0.15) is 13.8 Å². The quantitative estimate of drug-likeness (QED) is 0.377. The van der Waals surface area contributed by atoms with Crippen LogP contribution in [-0.4, -0.2) is 54.5 Å². The summed E-state index contributed by atoms with van der Waals surface area (Å²) in [5, 5.41) is 4.31. The van der Waals surface area contributed by atoms with E-state index in [2.05, 4.69) is 40.2 Å². The summed E-state index contributed by atoms with van der Waals surface area (Å²) < 4.78 is 10.8. The van der Waals surface area contributed by atoms with Crippen LogP contribution in [-0.2, 0) is 0 Å². The van der Waals surface area contributed by atoms with E-state index in [0.29, 0.717) is 0 Å². The second-order valence-electron chi connectivity index (χ2n) is 5.95. The molecule has 0 bridgehead atoms. The predicted octanol–water partition coefficient (Wildman–Crippen LogP) is 4.81. The first-order valence-corrected chi connectivity index (χ1v) is 10.9. The van der Waals surface area contributed by atoms with Gasteiger partial charge in [0.2, 0.25) is 0 Å². The Kier molecular flexibility index (Phi) is 6.93. The molecule has 144 valence electrons. The Hall–Kier alpha value is -1.83. The molecular formula is C20H25N3O2S2. The Balaban J connectivity index is 1.93. The summed E-state index contributed by atoms with van der Waals surface area (Å²) in [5.74, 6) is 2.46. The first-order chi connectivity index (χ1) is 13.2. The number of hydrogen-bond acceptors (Lipinski definition) is 7. The summed E-state index contributed by atoms with van der Waals surface area (Å²) >= 11 is 3.45. The van der Waals surface area contributed by atoms with Crippen LogP contribution in [0.2, 0.25) is 0 Å². The predicted molar refractivity (Wildman–Crippen MR) is 114 cm³/mol. The van der Waals surface area contributed by atoms with Crippen molar-refractivity contribution < 1.29 is 9.47 Å². The van der Waals surface area contributed by atoms with Crippen LogP contribution in [0.3, 0.4) is 0 Å². The Morgan fingerprint density at radius 1 is 1.07 bits per heavy atom. The van der Waals surface area contributed by atoms with Gasteiger partial charge in [-0.1, -0.05) is 19.9 Å². The number of benzene rings is 1. The highest BCUT2D eigenvalue weighted by Crippen LogP contribution is 2.40. The lowest BCUT2D eigenvalue weighted by Crippen LogP contribution is -2.25. The van der Waals surface area contributed by atoms with Crippen molar-refractivity contribution in [1.29, 1.82) is 0 Å². The van der Waals surface area contributed by atoms with Crippen LogP contribution in [0, 0.1) is 0 Å². The largest absolute Gasteiger partial charge is 0.493 e. The number of thioether (sulfide) groups is 1. The zero-order chi connectivity index (χ0) is 19.2. The van der Waals surface area contributed by atoms with Gasteiger partial charge in [0.15, 0.2) is 11.5 Å². The maximum atomic E-state index is 5.47. The molecule has 0 unspecified atom stereocenters. The van der Waals surface area contributed by atoms with Gasteiger partial charge in [0.1, 0.15) is 16.2 Å². The lowest BCUT2D eigenvalue weighted by molar-refractivity contribution is 0.324. The minimum atomic E-state index is 0.724. The standard InChI is InChI=1S/C20H25N3O2S2/c1-5-23(6-2)9-10-26-19-18-15(12-27-20(18)22-13-21-19)14-7-8-16(24-3)17(11-14)25-4/h7-8,11-13H,5-6,9-10H2,1-4H3. The molecule has 0 aliphatic rings. The summed E-state index contributed by atoms with van der Waals surface area (Å²) in [6.07, 6.45) is 1.66. The lowest BCUT2D eigenvalue weighted by atomic mass is 10.1. The van der Waals surface area contributed by atoms with Crippen molar-refractivity contribution >= 4 is 33.3 Å². The Morgan fingerprint density at radius 3 is 2.56 bits per heavy atom. The van der Waals surface area contributed by atoms with Crippen LogP contribution >= 0.6 is 23.1 Å². The average Bonchev–Trinajstić information content (AvgIpc) is 3.15. The van der Waals surface area contributed by atoms with Gasteiger partial charge in [0.05, 0.1) is 19.6 Å². The Labute approximate surface area is 168 Å². The van der Waals surface area contributed by atoms with Gasteiger partial charge in [-0.15, -0.1) is 23.1 Å². The van der Waals surface area contributed by atoms with Gasteiger partial charge in [0, 0.05) is 23.2 Å². The van der Waals surface area contributed by atoms with E-state index in [9.17, 15) is 0 Å². The molecule has 0 amide bonds. The molecule has 2 aromatic heterocycles. The number of hydrogen-bond donors (Lipinski definition) is 0. The molecule has 0 aliphatic heterocycles. The van der Waals surface area contributed by atoms with Crippen LogP contribution in [0.5, 0.6) is 11.5 Å². The van der Waals surface area contributed by atoms with Gasteiger partial charge in [-0.25, -0.2) is 9.97 Å². The molecule has 0 saturated carbocycles. The van der Waals surface area contributed by atoms with Gasteiger partial charge in [-0.2, -0.15) is 0 Å². The van der Waals surface area contributed by atoms with E-state index < -0.39 is 0 Å². The Morgan fingerprint density at radius 2 is 1.85 bits per heavy atom. The van der Waals surface area contributed by atoms with Crippen molar-refractivity contribution in [2.24, 2.45) is 0 Å². The zero-order valence-corrected chi connectivity index (χ0v) is 17.8. The summed E-state index contributed by atoms with van der Waals surface area (Å²) in [7, 11) is 3.31. The lowest BCUT2D eigenvalue weighted by Gasteiger charge is -2.17. The fourth-order valence-electron chi connectivity index (χ4n) is 2.98. The van der Waals surface area contributed by atoms with Crippen LogP contribution < -0.4 is 9.47 Å². The van der Waals surface area contributed by atoms with Crippen LogP contribution in [0.15, 0.2) is 34.9 Å². The molecular weight excluding hydrogens is 378 g/mol. The third-order valence-electron chi connectivity index (χ3n) is 4.57. The molecule has 0 N–H and O–H groups in total. The SMILES string of the molecule is CCN(CC)CCSc1ncnc2scc(-c3ccc(OC)c(OC)c3)c12. The van der Waals surface area contributed by atoms with Gasteiger partial charge in [-0.05, 0) is 30.8 Å². The average molecular weight is 404 g/mol. The molecule has 2 heterocycles. The molecule has 0 saturated heterocycles. The minimum absolute atomic E-state index is 0.724. The van der Waals surface area contributed by atoms with E-state index in [1.807, 2.05) is 12.1 Å². The fraction of sp³-hybridized carbons (Fsp3) is 0.400. The zero-order valence-electron chi connectivity index (χ0n) is 16.2. The number of thiophene rings is 1. The molecule has 0 aliphatic carbocycles. The van der Waals surface area contributed by atoms with E-state index in [-0.39, 0.29) is 0 Å². The van der Waals surface area contributed by atoms with Crippen molar-refractivity contribution in [3.05, 3.63) is 29.9 Å². The summed E-state index contributed by atoms with van der Waals surface area (Å²) in [5.41, 5.74) is 2.22. The molecule has 0 spiro atoms. The molecule has 3 aromatic rings. The summed E-state index contributed by atoms with van der Waals surface area (Å²) in [4.78, 5) is 12.5. The summed E-state index contributed by atoms with van der Waals surface area (Å²) in [6, 6.07) is 6.01. The highest BCUT2D eigenvalue weighted by atomic mass is 32.2. The van der Waals surface area contributed by atoms with Crippen molar-refractivity contribution in [1.82, 2.24) is 14.9 Å². The highest BCUT2D eigenvalue weighted by molar-refractivity contribution is 7.99. The molecule has 7 heteroatoms. The van der Waals surface area contributed by atoms with E-state index >= 15 is 0 Å². The topological polar surface area (TPSA) is 47.5 Å². The van der Waals surface area contributed by atoms with Crippen molar-refractivity contribution in [3.8, 4) is 22.6 Å². The highest BCUT2D eigenvalue weighted by Gasteiger charge is 2.15. The maximum absolute atomic E-state index is 5.47. The second-order valence-corrected chi connectivity index (χ2v) is 7.90. The first-order valence-electron chi connectivity index (χ1n) is 9.01. The Bertz CT molecular complexity index is 894. The van der Waals surface area contributed by atoms with Crippen molar-refractivity contribution in [2.75, 3.05) is 39.6 Å². The smallest absolute Gasteiger partial charge is 0.161 e. The van der Waals surface area contributed by atoms with E-state index in [0.717, 1.165) is 63.3 Å². The monoisotopic (exact) mass is 403 g/mol. The normalized spacial score (nSPS) is 11.3. The molecule has 27 heavy (non-hydrogen) atoms. The molecule has 0 fully saturated rings. The van der Waals surface area contributed by atoms with Crippen LogP contribution in [0.4, 0.5) is 0 Å². The summed E-state index contributed by atoms with van der Waals surface area (Å²) in [6.45, 7) is 7.60. The second kappa shape index (κ2) is 9.39. The van der Waals surface area contributed by atoms with Gasteiger partial charge in [0.25, 0.3) is 0 Å². The molecule has 1 aromatic carbocycles. The molecule has 0 atom stereocenters. The number of methoxy groups -OCH3 is 2. The maximum Gasteiger partial charge on any atom is 0.161 e. The number of fused-ring (bicyclic) bond motifs is 1. The van der Waals surface area contributed by atoms with Crippen LogP contribution in [0.25, 0.3) is 21.3 Å². The van der Waals surface area contributed by atoms with E-state index in [1.165, 1.54) is 0 Å². The van der Waals surface area contributed by atoms with Crippen molar-refractivity contribution in [2.45, 2.75) is 18.9 Å². The number of aromatic nitrogens is 2. The van der Waals surface area contributed by atoms with Gasteiger partial charge >= 0.3 is 0 Å². The number of rotatable bonds is 9. The molecule has 3 rings (SSSR count). The number of ether oxygens (including phenoxy) is 2. The van der Waals surface area contributed by atoms with Crippen molar-refractivity contribution in [3.63, 3.8) is 0 Å². The van der Waals surface area contributed by atoms with E-state index in [1.54, 1.807) is 43.6 Å². The van der Waals surface area contributed by atoms with Gasteiger partial charge < -0.3 is 14.4 Å². The van der Waals surface area contributed by atoms with Gasteiger partial charge in [-0.3, -0.25) is 0 Å². The minimum Gasteiger partial charge on any atom is -0.493 e. The molecule has 5 nitrogen and oxygen atoms in total.